The van der Waals surface area contributed by atoms with E-state index in [1.807, 2.05) is 0 Å². The summed E-state index contributed by atoms with van der Waals surface area (Å²) in [6.07, 6.45) is -0.226. The Kier molecular flexibility index (Phi) is 6.05. The standard InChI is InChI=1S/C18H17F2NO4/c1-25-16-5-3-2-4-12(16)10-15(18(23)24)21-17(22)9-11-6-7-13(19)14(20)8-11/h2-8,15H,9-10H2,1H3,(H,21,22)(H,23,24)/t15-/m1/s1. The summed E-state index contributed by atoms with van der Waals surface area (Å²) in [6, 6.07) is 8.81. The number of ether oxygens (including phenoxy) is 1. The highest BCUT2D eigenvalue weighted by Gasteiger charge is 2.22. The number of hydrogen-bond donors (Lipinski definition) is 2. The predicted molar refractivity (Wildman–Crippen MR) is 86.3 cm³/mol. The number of para-hydroxylation sites is 1. The second-order valence-corrected chi connectivity index (χ2v) is 5.40. The molecule has 0 saturated heterocycles. The lowest BCUT2D eigenvalue weighted by atomic mass is 10.0. The summed E-state index contributed by atoms with van der Waals surface area (Å²) in [5.41, 5.74) is 0.878. The molecular weight excluding hydrogens is 332 g/mol. The molecule has 0 saturated carbocycles. The fraction of sp³-hybridized carbons (Fsp3) is 0.222. The minimum Gasteiger partial charge on any atom is -0.496 e. The largest absolute Gasteiger partial charge is 0.496 e. The van der Waals surface area contributed by atoms with Gasteiger partial charge in [0.05, 0.1) is 13.5 Å². The number of carbonyl (C=O) groups excluding carboxylic acids is 1. The molecule has 132 valence electrons. The third-order valence-corrected chi connectivity index (χ3v) is 3.60. The van der Waals surface area contributed by atoms with Gasteiger partial charge in [-0.15, -0.1) is 0 Å². The maximum atomic E-state index is 13.2. The van der Waals surface area contributed by atoms with E-state index in [0.717, 1.165) is 12.1 Å². The maximum Gasteiger partial charge on any atom is 0.326 e. The van der Waals surface area contributed by atoms with Crippen LogP contribution in [0.25, 0.3) is 0 Å². The van der Waals surface area contributed by atoms with Crippen LogP contribution in [0.2, 0.25) is 0 Å². The average Bonchev–Trinajstić information content (AvgIpc) is 2.58. The van der Waals surface area contributed by atoms with Crippen LogP contribution in [0.3, 0.4) is 0 Å². The number of halogens is 2. The molecule has 2 aromatic rings. The number of carboxylic acids is 1. The fourth-order valence-corrected chi connectivity index (χ4v) is 2.37. The Morgan fingerprint density at radius 3 is 2.52 bits per heavy atom. The van der Waals surface area contributed by atoms with Crippen molar-refractivity contribution in [3.63, 3.8) is 0 Å². The zero-order valence-corrected chi connectivity index (χ0v) is 13.5. The fourth-order valence-electron chi connectivity index (χ4n) is 2.37. The Labute approximate surface area is 143 Å². The Balaban J connectivity index is 2.06. The van der Waals surface area contributed by atoms with Crippen LogP contribution in [0.5, 0.6) is 5.75 Å². The van der Waals surface area contributed by atoms with Gasteiger partial charge in [0.25, 0.3) is 0 Å². The first kappa shape index (κ1) is 18.4. The topological polar surface area (TPSA) is 75.6 Å². The molecule has 0 spiro atoms. The Bertz CT molecular complexity index is 779. The quantitative estimate of drug-likeness (QED) is 0.804. The lowest BCUT2D eigenvalue weighted by molar-refractivity contribution is -0.141. The number of rotatable bonds is 7. The second kappa shape index (κ2) is 8.23. The number of carboxylic acid groups (broad SMARTS) is 1. The summed E-state index contributed by atoms with van der Waals surface area (Å²) in [4.78, 5) is 23.5. The van der Waals surface area contributed by atoms with Crippen molar-refractivity contribution in [1.82, 2.24) is 5.32 Å². The molecule has 0 aliphatic carbocycles. The van der Waals surface area contributed by atoms with Gasteiger partial charge in [0.1, 0.15) is 11.8 Å². The Morgan fingerprint density at radius 1 is 1.16 bits per heavy atom. The van der Waals surface area contributed by atoms with Crippen LogP contribution < -0.4 is 10.1 Å². The summed E-state index contributed by atoms with van der Waals surface area (Å²) in [6.45, 7) is 0. The van der Waals surface area contributed by atoms with Gasteiger partial charge in [-0.05, 0) is 29.3 Å². The number of carbonyl (C=O) groups is 2. The molecule has 5 nitrogen and oxygen atoms in total. The average molecular weight is 349 g/mol. The number of nitrogens with one attached hydrogen (secondary N) is 1. The van der Waals surface area contributed by atoms with Crippen LogP contribution in [-0.2, 0) is 22.4 Å². The minimum atomic E-state index is -1.20. The number of benzene rings is 2. The van der Waals surface area contributed by atoms with Crippen molar-refractivity contribution < 1.29 is 28.2 Å². The van der Waals surface area contributed by atoms with Gasteiger partial charge >= 0.3 is 5.97 Å². The van der Waals surface area contributed by atoms with E-state index in [1.54, 1.807) is 24.3 Å². The molecule has 0 aromatic heterocycles. The van der Waals surface area contributed by atoms with Crippen molar-refractivity contribution in [3.8, 4) is 5.75 Å². The van der Waals surface area contributed by atoms with Gasteiger partial charge in [-0.3, -0.25) is 4.79 Å². The normalized spacial score (nSPS) is 11.6. The molecule has 0 heterocycles. The number of methoxy groups -OCH3 is 1. The van der Waals surface area contributed by atoms with Gasteiger partial charge < -0.3 is 15.2 Å². The van der Waals surface area contributed by atoms with Gasteiger partial charge in [0.2, 0.25) is 5.91 Å². The van der Waals surface area contributed by atoms with Gasteiger partial charge in [-0.2, -0.15) is 0 Å². The second-order valence-electron chi connectivity index (χ2n) is 5.40. The summed E-state index contributed by atoms with van der Waals surface area (Å²) < 4.78 is 31.2. The summed E-state index contributed by atoms with van der Waals surface area (Å²) >= 11 is 0. The van der Waals surface area contributed by atoms with Crippen LogP contribution in [0.4, 0.5) is 8.78 Å². The summed E-state index contributed by atoms with van der Waals surface area (Å²) in [5, 5.41) is 11.7. The molecule has 2 N–H and O–H groups in total. The first-order valence-electron chi connectivity index (χ1n) is 7.48. The zero-order valence-electron chi connectivity index (χ0n) is 13.5. The van der Waals surface area contributed by atoms with Crippen molar-refractivity contribution in [1.29, 1.82) is 0 Å². The SMILES string of the molecule is COc1ccccc1C[C@@H](NC(=O)Cc1ccc(F)c(F)c1)C(=O)O. The van der Waals surface area contributed by atoms with E-state index in [-0.39, 0.29) is 18.4 Å². The third kappa shape index (κ3) is 5.00. The molecule has 2 rings (SSSR count). The van der Waals surface area contributed by atoms with E-state index in [9.17, 15) is 23.5 Å². The van der Waals surface area contributed by atoms with Gasteiger partial charge in [0, 0.05) is 6.42 Å². The molecule has 0 fully saturated rings. The Morgan fingerprint density at radius 2 is 1.88 bits per heavy atom. The molecule has 2 aromatic carbocycles. The van der Waals surface area contributed by atoms with E-state index in [2.05, 4.69) is 5.32 Å². The van der Waals surface area contributed by atoms with Crippen LogP contribution in [0, 0.1) is 11.6 Å². The first-order valence-corrected chi connectivity index (χ1v) is 7.48. The van der Waals surface area contributed by atoms with Crippen molar-refractivity contribution in [2.24, 2.45) is 0 Å². The smallest absolute Gasteiger partial charge is 0.326 e. The maximum absolute atomic E-state index is 13.2. The van der Waals surface area contributed by atoms with E-state index < -0.39 is 29.6 Å². The molecule has 0 unspecified atom stereocenters. The van der Waals surface area contributed by atoms with E-state index in [1.165, 1.54) is 13.2 Å². The van der Waals surface area contributed by atoms with E-state index in [4.69, 9.17) is 4.74 Å². The number of aliphatic carboxylic acids is 1. The first-order chi connectivity index (χ1) is 11.9. The lowest BCUT2D eigenvalue weighted by Gasteiger charge is -2.16. The van der Waals surface area contributed by atoms with Gasteiger partial charge in [-0.1, -0.05) is 24.3 Å². The molecule has 25 heavy (non-hydrogen) atoms. The molecule has 1 atom stereocenters. The third-order valence-electron chi connectivity index (χ3n) is 3.60. The van der Waals surface area contributed by atoms with Gasteiger partial charge in [-0.25, -0.2) is 13.6 Å². The molecule has 0 radical (unpaired) electrons. The van der Waals surface area contributed by atoms with E-state index >= 15 is 0 Å². The van der Waals surface area contributed by atoms with Crippen LogP contribution in [0.15, 0.2) is 42.5 Å². The highest BCUT2D eigenvalue weighted by molar-refractivity contribution is 5.85. The highest BCUT2D eigenvalue weighted by Crippen LogP contribution is 2.19. The van der Waals surface area contributed by atoms with Crippen molar-refractivity contribution in [3.05, 3.63) is 65.2 Å². The van der Waals surface area contributed by atoms with Gasteiger partial charge in [0.15, 0.2) is 11.6 Å². The zero-order chi connectivity index (χ0) is 18.4. The highest BCUT2D eigenvalue weighted by atomic mass is 19.2. The molecule has 0 bridgehead atoms. The van der Waals surface area contributed by atoms with Crippen LogP contribution in [-0.4, -0.2) is 30.1 Å². The number of amides is 1. The van der Waals surface area contributed by atoms with E-state index in [0.29, 0.717) is 11.3 Å². The molecule has 0 aliphatic rings. The lowest BCUT2D eigenvalue weighted by Crippen LogP contribution is -2.43. The molecule has 0 aliphatic heterocycles. The van der Waals surface area contributed by atoms with Crippen molar-refractivity contribution in [2.45, 2.75) is 18.9 Å². The van der Waals surface area contributed by atoms with Crippen LogP contribution in [0.1, 0.15) is 11.1 Å². The summed E-state index contributed by atoms with van der Waals surface area (Å²) in [7, 11) is 1.47. The monoisotopic (exact) mass is 349 g/mol. The van der Waals surface area contributed by atoms with Crippen LogP contribution >= 0.6 is 0 Å². The predicted octanol–water partition coefficient (Wildman–Crippen LogP) is 2.33. The molecule has 7 heteroatoms. The molecule has 1 amide bonds. The minimum absolute atomic E-state index is 0.0306. The Hall–Kier alpha value is -2.96. The van der Waals surface area contributed by atoms with Crippen molar-refractivity contribution in [2.75, 3.05) is 7.11 Å². The number of hydrogen-bond acceptors (Lipinski definition) is 3. The van der Waals surface area contributed by atoms with Crippen molar-refractivity contribution >= 4 is 11.9 Å². The molecular formula is C18H17F2NO4. The summed E-state index contributed by atoms with van der Waals surface area (Å²) in [5.74, 6) is -3.36.